The van der Waals surface area contributed by atoms with Gasteiger partial charge in [0, 0.05) is 55.1 Å². The lowest BCUT2D eigenvalue weighted by Crippen LogP contribution is -2.47. The van der Waals surface area contributed by atoms with Crippen LogP contribution in [-0.2, 0) is 9.59 Å². The van der Waals surface area contributed by atoms with Crippen LogP contribution in [0, 0.1) is 17.6 Å². The zero-order chi connectivity index (χ0) is 44.8. The Morgan fingerprint density at radius 2 is 1.50 bits per heavy atom. The number of halogens is 3. The maximum atomic E-state index is 15.3. The van der Waals surface area contributed by atoms with Gasteiger partial charge in [0.1, 0.15) is 5.82 Å². The smallest absolute Gasteiger partial charge is 0.265 e. The third-order valence-electron chi connectivity index (χ3n) is 12.2. The lowest BCUT2D eigenvalue weighted by Gasteiger charge is -2.40. The fourth-order valence-corrected chi connectivity index (χ4v) is 8.57. The molecule has 0 spiro atoms. The summed E-state index contributed by atoms with van der Waals surface area (Å²) in [5, 5.41) is 24.8. The number of anilines is 6. The van der Waals surface area contributed by atoms with E-state index in [1.807, 2.05) is 9.91 Å². The van der Waals surface area contributed by atoms with Crippen molar-refractivity contribution in [2.24, 2.45) is 5.92 Å². The van der Waals surface area contributed by atoms with E-state index in [9.17, 15) is 28.7 Å². The molecule has 3 aliphatic heterocycles. The zero-order valence-corrected chi connectivity index (χ0v) is 35.6. The molecule has 4 aromatic carbocycles. The van der Waals surface area contributed by atoms with Gasteiger partial charge in [-0.15, -0.1) is 0 Å². The summed E-state index contributed by atoms with van der Waals surface area (Å²) in [6, 6.07) is 24.9. The third kappa shape index (κ3) is 10.8. The molecule has 1 unspecified atom stereocenters. The predicted molar refractivity (Wildman–Crippen MR) is 240 cm³/mol. The van der Waals surface area contributed by atoms with Crippen LogP contribution in [0.15, 0.2) is 97.2 Å². The standard InChI is InChI=1S/C47H48ClF2N9O5/c48-36-3-1-2-4-39(36)54-43(61)30-5-10-33(11-6-30)52-42-38(50)28-51-46(56-42)53-34-12-7-31(8-13-34)44(62)57-59-23-18-29(19-24-59)17-20-47(64)21-25-58(26-22-47)40-15-9-32(27-37(40)49)35-14-16-41(60)55-45(35)63/h1-13,15,27-29,35,64H,14,16-26H2,(H,54,61)(H,57,62)(H,55,60,63)(H2,51,52,53,56). The van der Waals surface area contributed by atoms with Crippen molar-refractivity contribution >= 4 is 69.7 Å². The number of piperidine rings is 3. The Morgan fingerprint density at radius 1 is 0.828 bits per heavy atom. The monoisotopic (exact) mass is 891 g/mol. The zero-order valence-electron chi connectivity index (χ0n) is 34.9. The van der Waals surface area contributed by atoms with E-state index in [4.69, 9.17) is 11.6 Å². The second-order valence-electron chi connectivity index (χ2n) is 16.6. The molecule has 8 rings (SSSR count). The molecule has 4 amide bonds. The Bertz CT molecular complexity index is 2510. The number of nitrogens with zero attached hydrogens (tertiary/aromatic N) is 4. The second kappa shape index (κ2) is 19.5. The first-order valence-electron chi connectivity index (χ1n) is 21.4. The maximum Gasteiger partial charge on any atom is 0.265 e. The number of hydrazine groups is 1. The summed E-state index contributed by atoms with van der Waals surface area (Å²) >= 11 is 6.15. The van der Waals surface area contributed by atoms with Crippen molar-refractivity contribution in [3.63, 3.8) is 0 Å². The molecule has 5 aromatic rings. The van der Waals surface area contributed by atoms with Gasteiger partial charge >= 0.3 is 0 Å². The molecule has 3 aliphatic rings. The summed E-state index contributed by atoms with van der Waals surface area (Å²) in [5.74, 6) is -2.48. The minimum atomic E-state index is -0.831. The van der Waals surface area contributed by atoms with Gasteiger partial charge in [0.05, 0.1) is 34.1 Å². The molecule has 0 bridgehead atoms. The molecular weight excluding hydrogens is 844 g/mol. The summed E-state index contributed by atoms with van der Waals surface area (Å²) in [7, 11) is 0. The quantitative estimate of drug-likeness (QED) is 0.0635. The van der Waals surface area contributed by atoms with Crippen molar-refractivity contribution in [1.29, 1.82) is 0 Å². The third-order valence-corrected chi connectivity index (χ3v) is 12.5. The number of imide groups is 1. The van der Waals surface area contributed by atoms with E-state index in [0.717, 1.165) is 25.5 Å². The summed E-state index contributed by atoms with van der Waals surface area (Å²) < 4.78 is 30.0. The van der Waals surface area contributed by atoms with Crippen molar-refractivity contribution in [1.82, 2.24) is 25.7 Å². The van der Waals surface area contributed by atoms with Gasteiger partial charge in [-0.05, 0) is 129 Å². The van der Waals surface area contributed by atoms with Crippen molar-refractivity contribution in [2.45, 2.75) is 62.9 Å². The Morgan fingerprint density at radius 3 is 2.17 bits per heavy atom. The van der Waals surface area contributed by atoms with E-state index in [-0.39, 0.29) is 35.9 Å². The number of benzene rings is 4. The van der Waals surface area contributed by atoms with E-state index in [1.165, 1.54) is 6.07 Å². The van der Waals surface area contributed by atoms with Crippen LogP contribution < -0.4 is 31.6 Å². The Kier molecular flexibility index (Phi) is 13.4. The predicted octanol–water partition coefficient (Wildman–Crippen LogP) is 7.84. The highest BCUT2D eigenvalue weighted by Crippen LogP contribution is 2.35. The topological polar surface area (TPSA) is 181 Å². The number of nitrogens with one attached hydrogen (secondary N) is 5. The van der Waals surface area contributed by atoms with Gasteiger partial charge in [-0.2, -0.15) is 4.98 Å². The number of amides is 4. The van der Waals surface area contributed by atoms with Crippen LogP contribution in [0.2, 0.25) is 5.02 Å². The maximum absolute atomic E-state index is 15.3. The van der Waals surface area contributed by atoms with Crippen LogP contribution in [0.4, 0.5) is 43.3 Å². The molecular formula is C47H48ClF2N9O5. The largest absolute Gasteiger partial charge is 0.390 e. The van der Waals surface area contributed by atoms with E-state index in [1.54, 1.807) is 84.9 Å². The molecule has 0 saturated carbocycles. The van der Waals surface area contributed by atoms with Crippen molar-refractivity contribution in [3.05, 3.63) is 131 Å². The number of hydrogen-bond acceptors (Lipinski definition) is 11. The summed E-state index contributed by atoms with van der Waals surface area (Å²) in [6.07, 6.45) is 5.92. The molecule has 3 fully saturated rings. The summed E-state index contributed by atoms with van der Waals surface area (Å²) in [5.41, 5.74) is 5.59. The van der Waals surface area contributed by atoms with E-state index in [2.05, 4.69) is 36.7 Å². The molecule has 6 N–H and O–H groups in total. The first-order valence-corrected chi connectivity index (χ1v) is 21.7. The molecule has 0 aliphatic carbocycles. The van der Waals surface area contributed by atoms with Crippen LogP contribution in [0.3, 0.4) is 0 Å². The van der Waals surface area contributed by atoms with Gasteiger partial charge in [0.25, 0.3) is 11.8 Å². The Balaban J connectivity index is 0.754. The molecule has 0 radical (unpaired) electrons. The molecule has 332 valence electrons. The molecule has 64 heavy (non-hydrogen) atoms. The highest BCUT2D eigenvalue weighted by molar-refractivity contribution is 6.33. The van der Waals surface area contributed by atoms with Crippen molar-refractivity contribution in [3.8, 4) is 0 Å². The fourth-order valence-electron chi connectivity index (χ4n) is 8.38. The normalized spacial score (nSPS) is 17.9. The van der Waals surface area contributed by atoms with Crippen molar-refractivity contribution < 1.29 is 33.1 Å². The van der Waals surface area contributed by atoms with Crippen molar-refractivity contribution in [2.75, 3.05) is 47.0 Å². The number of carbonyl (C=O) groups excluding carboxylic acids is 4. The minimum absolute atomic E-state index is 0.0749. The van der Waals surface area contributed by atoms with Crippen LogP contribution in [0.5, 0.6) is 0 Å². The van der Waals surface area contributed by atoms with Crippen LogP contribution in [0.25, 0.3) is 0 Å². The lowest BCUT2D eigenvalue weighted by molar-refractivity contribution is -0.134. The van der Waals surface area contributed by atoms with Gasteiger partial charge in [0.2, 0.25) is 17.8 Å². The second-order valence-corrected chi connectivity index (χ2v) is 17.0. The Labute approximate surface area is 373 Å². The molecule has 4 heterocycles. The highest BCUT2D eigenvalue weighted by atomic mass is 35.5. The molecule has 3 saturated heterocycles. The summed E-state index contributed by atoms with van der Waals surface area (Å²) in [4.78, 5) is 59.9. The van der Waals surface area contributed by atoms with Crippen LogP contribution in [-0.4, -0.2) is 75.5 Å². The molecule has 17 heteroatoms. The van der Waals surface area contributed by atoms with Gasteiger partial charge in [-0.3, -0.25) is 29.9 Å². The molecule has 1 aromatic heterocycles. The summed E-state index contributed by atoms with van der Waals surface area (Å²) in [6.45, 7) is 2.38. The number of para-hydroxylation sites is 1. The van der Waals surface area contributed by atoms with Gasteiger partial charge < -0.3 is 26.0 Å². The van der Waals surface area contributed by atoms with Gasteiger partial charge in [0.15, 0.2) is 11.6 Å². The number of carbonyl (C=O) groups is 4. The molecule has 14 nitrogen and oxygen atoms in total. The number of rotatable bonds is 13. The number of aliphatic hydroxyl groups is 1. The number of hydrogen-bond donors (Lipinski definition) is 6. The average molecular weight is 892 g/mol. The first kappa shape index (κ1) is 44.1. The van der Waals surface area contributed by atoms with Crippen LogP contribution >= 0.6 is 11.6 Å². The van der Waals surface area contributed by atoms with Gasteiger partial charge in [-0.1, -0.05) is 29.8 Å². The number of aromatic nitrogens is 2. The minimum Gasteiger partial charge on any atom is -0.390 e. The van der Waals surface area contributed by atoms with E-state index < -0.39 is 29.1 Å². The molecule has 1 atom stereocenters. The average Bonchev–Trinajstić information content (AvgIpc) is 3.29. The van der Waals surface area contributed by atoms with E-state index in [0.29, 0.717) is 102 Å². The fraction of sp³-hybridized carbons (Fsp3) is 0.319. The van der Waals surface area contributed by atoms with Crippen LogP contribution in [0.1, 0.15) is 83.6 Å². The first-order chi connectivity index (χ1) is 30.9. The Hall–Kier alpha value is -6.49. The van der Waals surface area contributed by atoms with E-state index >= 15 is 4.39 Å². The van der Waals surface area contributed by atoms with Gasteiger partial charge in [-0.25, -0.2) is 18.8 Å². The SMILES string of the molecule is O=C1CCC(c2ccc(N3CCC(O)(CCC4CCN(NC(=O)c5ccc(Nc6ncc(F)c(Nc7ccc(C(=O)Nc8ccccc8Cl)cc7)n6)cc5)CC4)CC3)c(F)c2)C(=O)N1. The highest BCUT2D eigenvalue weighted by Gasteiger charge is 2.35. The lowest BCUT2D eigenvalue weighted by atomic mass is 9.82.